The predicted molar refractivity (Wildman–Crippen MR) is 103 cm³/mol. The molecule has 130 valence electrons. The van der Waals surface area contributed by atoms with Gasteiger partial charge in [-0.15, -0.1) is 0 Å². The fraction of sp³-hybridized carbons (Fsp3) is 0.300. The fourth-order valence-electron chi connectivity index (χ4n) is 3.48. The Kier molecular flexibility index (Phi) is 4.14. The topological polar surface area (TPSA) is 75.1 Å². The highest BCUT2D eigenvalue weighted by atomic mass is 16.5. The normalized spacial score (nSPS) is 19.3. The van der Waals surface area contributed by atoms with Gasteiger partial charge in [0.05, 0.1) is 12.4 Å². The third-order valence-corrected chi connectivity index (χ3v) is 4.75. The molecule has 3 aliphatic rings. The van der Waals surface area contributed by atoms with Crippen LogP contribution in [0.1, 0.15) is 30.9 Å². The van der Waals surface area contributed by atoms with Crippen molar-refractivity contribution in [3.8, 4) is 0 Å². The molecule has 5 nitrogen and oxygen atoms in total. The highest BCUT2D eigenvalue weighted by Crippen LogP contribution is 2.37. The number of nitrogens with one attached hydrogen (secondary N) is 3. The van der Waals surface area contributed by atoms with Crippen molar-refractivity contribution in [1.29, 1.82) is 0 Å². The first-order valence-electron chi connectivity index (χ1n) is 8.86. The molecule has 0 fully saturated rings. The van der Waals surface area contributed by atoms with Gasteiger partial charge in [-0.3, -0.25) is 0 Å². The number of hydrogen-bond acceptors (Lipinski definition) is 4. The first kappa shape index (κ1) is 15.7. The van der Waals surface area contributed by atoms with Crippen LogP contribution in [0, 0.1) is 0 Å². The number of anilines is 1. The van der Waals surface area contributed by atoms with Crippen molar-refractivity contribution in [3.63, 3.8) is 0 Å². The fourth-order valence-corrected chi connectivity index (χ4v) is 3.48. The zero-order valence-corrected chi connectivity index (χ0v) is 14.5. The Morgan fingerprint density at radius 3 is 2.72 bits per heavy atom. The van der Waals surface area contributed by atoms with E-state index < -0.39 is 0 Å². The number of hydrogen-bond donors (Lipinski definition) is 4. The van der Waals surface area contributed by atoms with E-state index >= 15 is 0 Å². The molecule has 0 bridgehead atoms. The van der Waals surface area contributed by atoms with Gasteiger partial charge in [0.1, 0.15) is 11.6 Å². The number of rotatable bonds is 4. The summed E-state index contributed by atoms with van der Waals surface area (Å²) in [4.78, 5) is 3.37. The summed E-state index contributed by atoms with van der Waals surface area (Å²) in [6, 6.07) is 0. The highest BCUT2D eigenvalue weighted by molar-refractivity contribution is 5.89. The van der Waals surface area contributed by atoms with Crippen molar-refractivity contribution in [2.24, 2.45) is 5.73 Å². The van der Waals surface area contributed by atoms with Crippen LogP contribution < -0.4 is 16.4 Å². The van der Waals surface area contributed by atoms with Crippen LogP contribution in [-0.2, 0) is 4.74 Å². The van der Waals surface area contributed by atoms with Crippen LogP contribution in [0.15, 0.2) is 53.2 Å². The van der Waals surface area contributed by atoms with Crippen LogP contribution in [0.4, 0.5) is 5.82 Å². The molecular formula is C20H24N4O. The zero-order chi connectivity index (χ0) is 17.2. The van der Waals surface area contributed by atoms with Gasteiger partial charge >= 0.3 is 0 Å². The summed E-state index contributed by atoms with van der Waals surface area (Å²) in [6.45, 7) is 4.28. The second kappa shape index (κ2) is 6.59. The monoisotopic (exact) mass is 336 g/mol. The lowest BCUT2D eigenvalue weighted by Gasteiger charge is -2.22. The predicted octanol–water partition coefficient (Wildman–Crippen LogP) is 3.25. The molecule has 0 atom stereocenters. The summed E-state index contributed by atoms with van der Waals surface area (Å²) in [5, 5.41) is 6.70. The van der Waals surface area contributed by atoms with Gasteiger partial charge in [0.2, 0.25) is 0 Å². The minimum Gasteiger partial charge on any atom is -0.494 e. The van der Waals surface area contributed by atoms with Crippen molar-refractivity contribution in [1.82, 2.24) is 10.3 Å². The Labute approximate surface area is 148 Å². The second-order valence-electron chi connectivity index (χ2n) is 6.38. The van der Waals surface area contributed by atoms with Crippen molar-refractivity contribution in [2.75, 3.05) is 25.0 Å². The van der Waals surface area contributed by atoms with Gasteiger partial charge in [-0.05, 0) is 49.1 Å². The minimum absolute atomic E-state index is 0.682. The molecule has 0 unspecified atom stereocenters. The average Bonchev–Trinajstić information content (AvgIpc) is 3.06. The largest absolute Gasteiger partial charge is 0.494 e. The molecule has 5 N–H and O–H groups in total. The lowest BCUT2D eigenvalue weighted by Crippen LogP contribution is -2.27. The maximum atomic E-state index is 5.86. The third kappa shape index (κ3) is 2.97. The molecule has 1 aliphatic carbocycles. The molecule has 1 aromatic rings. The maximum Gasteiger partial charge on any atom is 0.122 e. The summed E-state index contributed by atoms with van der Waals surface area (Å²) >= 11 is 0. The van der Waals surface area contributed by atoms with Crippen molar-refractivity contribution in [2.45, 2.75) is 19.8 Å². The van der Waals surface area contributed by atoms with E-state index in [1.807, 2.05) is 13.0 Å². The number of dihydropyridines is 1. The molecule has 4 rings (SSSR count). The number of aromatic amines is 1. The van der Waals surface area contributed by atoms with Crippen LogP contribution in [0.3, 0.4) is 0 Å². The van der Waals surface area contributed by atoms with Gasteiger partial charge in [0, 0.05) is 36.0 Å². The van der Waals surface area contributed by atoms with Gasteiger partial charge < -0.3 is 26.1 Å². The Morgan fingerprint density at radius 1 is 1.08 bits per heavy atom. The smallest absolute Gasteiger partial charge is 0.122 e. The first-order valence-corrected chi connectivity index (χ1v) is 8.86. The molecule has 3 heterocycles. The second-order valence-corrected chi connectivity index (χ2v) is 6.38. The molecule has 0 saturated carbocycles. The van der Waals surface area contributed by atoms with E-state index in [1.54, 1.807) is 0 Å². The van der Waals surface area contributed by atoms with Crippen LogP contribution in [0.2, 0.25) is 0 Å². The number of nitrogens with two attached hydrogens (primary N) is 1. The molecule has 0 spiro atoms. The standard InChI is InChI=1S/C20H24N4O/c1-2-25-18-6-4-3-5-15(18)17-12-24-20-16(17)9-14(11-23-20)13-7-8-19(21)22-10-13/h5-9,12,22-24H,2-4,10-11,21H2,1H3. The van der Waals surface area contributed by atoms with E-state index in [0.717, 1.165) is 43.3 Å². The van der Waals surface area contributed by atoms with Crippen LogP contribution in [-0.4, -0.2) is 24.7 Å². The molecule has 0 saturated heterocycles. The number of ether oxygens (including phenoxy) is 1. The van der Waals surface area contributed by atoms with Crippen LogP contribution in [0.5, 0.6) is 0 Å². The molecule has 2 aliphatic heterocycles. The van der Waals surface area contributed by atoms with Crippen LogP contribution in [0.25, 0.3) is 11.6 Å². The van der Waals surface area contributed by atoms with E-state index in [9.17, 15) is 0 Å². The number of aromatic nitrogens is 1. The van der Waals surface area contributed by atoms with E-state index in [-0.39, 0.29) is 0 Å². The average molecular weight is 336 g/mol. The molecule has 0 aromatic carbocycles. The lowest BCUT2D eigenvalue weighted by molar-refractivity contribution is 0.244. The SMILES string of the molecule is CCOC1=CCCC=C1c1c[nH]c2c1C=C(C1=CC=C(N)NC1)CN2. The molecule has 0 amide bonds. The van der Waals surface area contributed by atoms with Gasteiger partial charge in [0.25, 0.3) is 0 Å². The quantitative estimate of drug-likeness (QED) is 0.681. The Morgan fingerprint density at radius 2 is 1.92 bits per heavy atom. The van der Waals surface area contributed by atoms with E-state index in [4.69, 9.17) is 10.5 Å². The number of allylic oxidation sites excluding steroid dienone is 5. The number of H-pyrrole nitrogens is 1. The van der Waals surface area contributed by atoms with Crippen molar-refractivity contribution < 1.29 is 4.74 Å². The summed E-state index contributed by atoms with van der Waals surface area (Å²) in [5.41, 5.74) is 11.9. The van der Waals surface area contributed by atoms with E-state index in [2.05, 4.69) is 46.1 Å². The summed E-state index contributed by atoms with van der Waals surface area (Å²) in [7, 11) is 0. The Bertz CT molecular complexity index is 836. The molecule has 0 radical (unpaired) electrons. The Balaban J connectivity index is 1.70. The molecule has 25 heavy (non-hydrogen) atoms. The van der Waals surface area contributed by atoms with E-state index in [1.165, 1.54) is 27.8 Å². The number of fused-ring (bicyclic) bond motifs is 1. The van der Waals surface area contributed by atoms with Crippen molar-refractivity contribution in [3.05, 3.63) is 64.4 Å². The first-order chi connectivity index (χ1) is 12.3. The van der Waals surface area contributed by atoms with Gasteiger partial charge in [-0.1, -0.05) is 12.2 Å². The van der Waals surface area contributed by atoms with E-state index in [0.29, 0.717) is 6.61 Å². The lowest BCUT2D eigenvalue weighted by atomic mass is 9.92. The molecule has 1 aromatic heterocycles. The molecule has 5 heteroatoms. The summed E-state index contributed by atoms with van der Waals surface area (Å²) in [6.07, 6.45) is 14.9. The maximum absolute atomic E-state index is 5.86. The zero-order valence-electron chi connectivity index (χ0n) is 14.5. The third-order valence-electron chi connectivity index (χ3n) is 4.75. The summed E-state index contributed by atoms with van der Waals surface area (Å²) in [5.74, 6) is 2.78. The van der Waals surface area contributed by atoms with Gasteiger partial charge in [-0.2, -0.15) is 0 Å². The Hall–Kier alpha value is -2.82. The van der Waals surface area contributed by atoms with Gasteiger partial charge in [0.15, 0.2) is 0 Å². The van der Waals surface area contributed by atoms with Crippen LogP contribution >= 0.6 is 0 Å². The molecular weight excluding hydrogens is 312 g/mol. The van der Waals surface area contributed by atoms with Crippen molar-refractivity contribution >= 4 is 17.5 Å². The summed E-state index contributed by atoms with van der Waals surface area (Å²) < 4.78 is 5.86. The van der Waals surface area contributed by atoms with Gasteiger partial charge in [-0.25, -0.2) is 0 Å². The highest BCUT2D eigenvalue weighted by Gasteiger charge is 2.22. The minimum atomic E-state index is 0.682.